The Bertz CT molecular complexity index is 459. The first-order valence-corrected chi connectivity index (χ1v) is 5.26. The van der Waals surface area contributed by atoms with Crippen molar-refractivity contribution in [2.24, 2.45) is 0 Å². The van der Waals surface area contributed by atoms with Crippen LogP contribution in [0, 0.1) is 0 Å². The van der Waals surface area contributed by atoms with Crippen LogP contribution in [0.3, 0.4) is 0 Å². The topological polar surface area (TPSA) is 60.3 Å². The Morgan fingerprint density at radius 3 is 1.94 bits per heavy atom. The van der Waals surface area contributed by atoms with E-state index in [-0.39, 0.29) is 0 Å². The fourth-order valence-corrected chi connectivity index (χ4v) is 1.18. The Morgan fingerprint density at radius 2 is 1.59 bits per heavy atom. The molecule has 2 heterocycles. The SMILES string of the molecule is CNc1cccc[n+]1O.O[n+]1ccccc1Cl. The highest BCUT2D eigenvalue weighted by molar-refractivity contribution is 6.28. The van der Waals surface area contributed by atoms with Crippen LogP contribution in [-0.2, 0) is 0 Å². The van der Waals surface area contributed by atoms with E-state index in [0.717, 1.165) is 9.46 Å². The summed E-state index contributed by atoms with van der Waals surface area (Å²) in [5.41, 5.74) is 0. The van der Waals surface area contributed by atoms with Crippen molar-refractivity contribution in [2.75, 3.05) is 12.4 Å². The molecule has 0 radical (unpaired) electrons. The molecule has 6 heteroatoms. The Labute approximate surface area is 104 Å². The van der Waals surface area contributed by atoms with E-state index in [4.69, 9.17) is 22.0 Å². The Balaban J connectivity index is 0.000000171. The molecule has 0 aliphatic carbocycles. The second-order valence-electron chi connectivity index (χ2n) is 3.05. The molecule has 0 fully saturated rings. The monoisotopic (exact) mass is 255 g/mol. The van der Waals surface area contributed by atoms with Crippen molar-refractivity contribution in [3.63, 3.8) is 0 Å². The van der Waals surface area contributed by atoms with Gasteiger partial charge >= 0.3 is 11.0 Å². The summed E-state index contributed by atoms with van der Waals surface area (Å²) < 4.78 is 1.88. The third-order valence-electron chi connectivity index (χ3n) is 1.89. The summed E-state index contributed by atoms with van der Waals surface area (Å²) in [5.74, 6) is 0.678. The number of hydrogen-bond acceptors (Lipinski definition) is 3. The molecule has 5 nitrogen and oxygen atoms in total. The summed E-state index contributed by atoms with van der Waals surface area (Å²) in [7, 11) is 1.75. The van der Waals surface area contributed by atoms with Crippen LogP contribution in [0.1, 0.15) is 0 Å². The van der Waals surface area contributed by atoms with Gasteiger partial charge in [0, 0.05) is 22.9 Å². The summed E-state index contributed by atoms with van der Waals surface area (Å²) in [6.07, 6.45) is 3.02. The summed E-state index contributed by atoms with van der Waals surface area (Å²) in [6.45, 7) is 0. The third-order valence-corrected chi connectivity index (χ3v) is 2.19. The lowest BCUT2D eigenvalue weighted by molar-refractivity contribution is -0.903. The number of pyridine rings is 2. The first-order valence-electron chi connectivity index (χ1n) is 4.88. The van der Waals surface area contributed by atoms with Crippen LogP contribution < -0.4 is 14.8 Å². The lowest BCUT2D eigenvalue weighted by atomic mass is 10.5. The van der Waals surface area contributed by atoms with Crippen molar-refractivity contribution in [3.05, 3.63) is 53.9 Å². The first kappa shape index (κ1) is 13.1. The van der Waals surface area contributed by atoms with Crippen molar-refractivity contribution in [1.29, 1.82) is 0 Å². The average Bonchev–Trinajstić information content (AvgIpc) is 2.34. The van der Waals surface area contributed by atoms with Crippen molar-refractivity contribution >= 4 is 17.4 Å². The van der Waals surface area contributed by atoms with Gasteiger partial charge in [-0.1, -0.05) is 10.8 Å². The molecule has 0 saturated heterocycles. The molecule has 90 valence electrons. The zero-order valence-electron chi connectivity index (χ0n) is 9.29. The number of anilines is 1. The van der Waals surface area contributed by atoms with E-state index in [1.54, 1.807) is 43.6 Å². The molecule has 0 aliphatic heterocycles. The molecule has 2 rings (SSSR count). The van der Waals surface area contributed by atoms with Gasteiger partial charge in [-0.2, -0.15) is 0 Å². The molecule has 2 aromatic rings. The number of nitrogens with zero attached hydrogens (tertiary/aromatic N) is 2. The van der Waals surface area contributed by atoms with Gasteiger partial charge in [-0.25, -0.2) is 0 Å². The quantitative estimate of drug-likeness (QED) is 0.407. The highest BCUT2D eigenvalue weighted by atomic mass is 35.5. The summed E-state index contributed by atoms with van der Waals surface area (Å²) in [6, 6.07) is 10.4. The van der Waals surface area contributed by atoms with E-state index < -0.39 is 0 Å². The van der Waals surface area contributed by atoms with Gasteiger partial charge in [-0.05, 0) is 23.7 Å². The molecule has 3 N–H and O–H groups in total. The highest BCUT2D eigenvalue weighted by Gasteiger charge is 2.00. The van der Waals surface area contributed by atoms with Gasteiger partial charge in [0.15, 0.2) is 0 Å². The number of nitrogens with one attached hydrogen (secondary N) is 1. The predicted octanol–water partition coefficient (Wildman–Crippen LogP) is 1.12. The standard InChI is InChI=1S/C6H8N2O.C5H5ClNO/c1-7-6-4-2-3-5-8(6)9;6-5-3-1-2-4-7(5)8/h2-5,9H,1H3;1-4,8H/q;+1/p+1. The summed E-state index contributed by atoms with van der Waals surface area (Å²) in [4.78, 5) is 0. The van der Waals surface area contributed by atoms with Crippen LogP contribution in [0.25, 0.3) is 0 Å². The zero-order valence-corrected chi connectivity index (χ0v) is 10.0. The molecule has 0 spiro atoms. The molecule has 0 bridgehead atoms. The number of aromatic nitrogens is 2. The Kier molecular flexibility index (Phi) is 5.03. The maximum absolute atomic E-state index is 8.96. The summed E-state index contributed by atoms with van der Waals surface area (Å²) >= 11 is 5.42. The first-order chi connectivity index (χ1) is 8.15. The van der Waals surface area contributed by atoms with E-state index in [0.29, 0.717) is 11.0 Å². The maximum atomic E-state index is 8.96. The Morgan fingerprint density at radius 1 is 1.00 bits per heavy atom. The second-order valence-corrected chi connectivity index (χ2v) is 3.44. The number of halogens is 1. The predicted molar refractivity (Wildman–Crippen MR) is 62.2 cm³/mol. The molecule has 0 atom stereocenters. The molecule has 0 amide bonds. The largest absolute Gasteiger partial charge is 0.350 e. The van der Waals surface area contributed by atoms with Crippen LogP contribution in [0.15, 0.2) is 48.8 Å². The van der Waals surface area contributed by atoms with Gasteiger partial charge in [-0.15, -0.1) is 0 Å². The van der Waals surface area contributed by atoms with E-state index in [2.05, 4.69) is 5.32 Å². The lowest BCUT2D eigenvalue weighted by Gasteiger charge is -1.92. The molecule has 0 saturated carbocycles. The van der Waals surface area contributed by atoms with Crippen molar-refractivity contribution in [1.82, 2.24) is 0 Å². The zero-order chi connectivity index (χ0) is 12.7. The van der Waals surface area contributed by atoms with E-state index in [1.807, 2.05) is 6.07 Å². The van der Waals surface area contributed by atoms with Gasteiger partial charge < -0.3 is 5.21 Å². The van der Waals surface area contributed by atoms with Crippen LogP contribution in [0.4, 0.5) is 5.82 Å². The highest BCUT2D eigenvalue weighted by Crippen LogP contribution is 1.95. The van der Waals surface area contributed by atoms with Crippen LogP contribution in [0.2, 0.25) is 5.15 Å². The van der Waals surface area contributed by atoms with Crippen LogP contribution >= 0.6 is 11.6 Å². The van der Waals surface area contributed by atoms with Crippen LogP contribution in [-0.4, -0.2) is 17.5 Å². The Hall–Kier alpha value is -2.01. The van der Waals surface area contributed by atoms with Gasteiger partial charge in [0.1, 0.15) is 6.20 Å². The molecular formula is C11H14ClN3O2+2. The van der Waals surface area contributed by atoms with Gasteiger partial charge in [0.2, 0.25) is 6.20 Å². The van der Waals surface area contributed by atoms with E-state index >= 15 is 0 Å². The molecule has 0 aliphatic rings. The van der Waals surface area contributed by atoms with Crippen molar-refractivity contribution in [3.8, 4) is 0 Å². The van der Waals surface area contributed by atoms with Crippen molar-refractivity contribution in [2.45, 2.75) is 0 Å². The fraction of sp³-hybridized carbons (Fsp3) is 0.0909. The van der Waals surface area contributed by atoms with Crippen molar-refractivity contribution < 1.29 is 19.9 Å². The minimum Gasteiger partial charge on any atom is -0.350 e. The number of rotatable bonds is 1. The maximum Gasteiger partial charge on any atom is 0.324 e. The summed E-state index contributed by atoms with van der Waals surface area (Å²) in [5, 5.41) is 20.8. The smallest absolute Gasteiger partial charge is 0.324 e. The van der Waals surface area contributed by atoms with Crippen LogP contribution in [0.5, 0.6) is 0 Å². The van der Waals surface area contributed by atoms with Gasteiger partial charge in [-0.3, -0.25) is 10.5 Å². The molecule has 17 heavy (non-hydrogen) atoms. The number of hydrogen-bond donors (Lipinski definition) is 3. The normalized spacial score (nSPS) is 9.06. The van der Waals surface area contributed by atoms with E-state index in [1.165, 1.54) is 6.20 Å². The lowest BCUT2D eigenvalue weighted by Crippen LogP contribution is -2.32. The van der Waals surface area contributed by atoms with Gasteiger partial charge in [0.25, 0.3) is 0 Å². The minimum atomic E-state index is 0.313. The molecule has 2 aromatic heterocycles. The molecular weight excluding hydrogens is 242 g/mol. The fourth-order valence-electron chi connectivity index (χ4n) is 1.05. The minimum absolute atomic E-state index is 0.313. The molecule has 0 unspecified atom stereocenters. The average molecular weight is 256 g/mol. The van der Waals surface area contributed by atoms with E-state index in [9.17, 15) is 0 Å². The third kappa shape index (κ3) is 4.16. The second kappa shape index (κ2) is 6.55. The molecule has 0 aromatic carbocycles. The van der Waals surface area contributed by atoms with Gasteiger partial charge in [0.05, 0.1) is 7.05 Å².